The Morgan fingerprint density at radius 2 is 2.17 bits per heavy atom. The zero-order valence-corrected chi connectivity index (χ0v) is 10.4. The minimum absolute atomic E-state index is 0.230. The molecule has 0 radical (unpaired) electrons. The summed E-state index contributed by atoms with van der Waals surface area (Å²) in [6.45, 7) is 2.18. The van der Waals surface area contributed by atoms with Crippen LogP contribution in [0, 0.1) is 5.92 Å². The first-order valence-corrected chi connectivity index (χ1v) is 6.20. The van der Waals surface area contributed by atoms with E-state index in [-0.39, 0.29) is 18.2 Å². The van der Waals surface area contributed by atoms with E-state index in [1.165, 1.54) is 4.90 Å². The summed E-state index contributed by atoms with van der Waals surface area (Å²) in [5.41, 5.74) is 0. The second-order valence-corrected chi connectivity index (χ2v) is 4.64. The smallest absolute Gasteiger partial charge is 0.323 e. The maximum Gasteiger partial charge on any atom is 0.323 e. The quantitative estimate of drug-likeness (QED) is 0.836. The summed E-state index contributed by atoms with van der Waals surface area (Å²) >= 11 is 0. The lowest BCUT2D eigenvalue weighted by Gasteiger charge is -2.19. The van der Waals surface area contributed by atoms with Crippen molar-refractivity contribution in [2.24, 2.45) is 5.92 Å². The second-order valence-electron chi connectivity index (χ2n) is 4.64. The Bertz CT molecular complexity index is 448. The molecule has 0 unspecified atom stereocenters. The molecular weight excluding hydrogens is 234 g/mol. The molecule has 98 valence electrons. The Morgan fingerprint density at radius 3 is 2.67 bits per heavy atom. The molecule has 5 nitrogen and oxygen atoms in total. The lowest BCUT2D eigenvalue weighted by molar-refractivity contribution is -0.137. The van der Waals surface area contributed by atoms with Crippen molar-refractivity contribution in [2.75, 3.05) is 13.1 Å². The molecule has 1 aliphatic rings. The van der Waals surface area contributed by atoms with E-state index < -0.39 is 5.97 Å². The van der Waals surface area contributed by atoms with Gasteiger partial charge in [-0.1, -0.05) is 6.92 Å². The molecule has 1 aromatic heterocycles. The molecule has 1 saturated carbocycles. The molecule has 1 amide bonds. The number of amides is 1. The van der Waals surface area contributed by atoms with Crippen LogP contribution < -0.4 is 0 Å². The molecule has 0 bridgehead atoms. The normalized spacial score (nSPS) is 14.5. The van der Waals surface area contributed by atoms with E-state index in [0.717, 1.165) is 25.0 Å². The summed E-state index contributed by atoms with van der Waals surface area (Å²) < 4.78 is 5.37. The SMILES string of the molecule is CCc1ccc(C(=O)N(CC(=O)O)CC2CC2)o1. The third-order valence-corrected chi connectivity index (χ3v) is 3.01. The standard InChI is InChI=1S/C13H17NO4/c1-2-10-5-6-11(18-10)13(17)14(8-12(15)16)7-9-3-4-9/h5-6,9H,2-4,7-8H2,1H3,(H,15,16). The monoisotopic (exact) mass is 251 g/mol. The van der Waals surface area contributed by atoms with E-state index >= 15 is 0 Å². The van der Waals surface area contributed by atoms with Crippen molar-refractivity contribution in [2.45, 2.75) is 26.2 Å². The summed E-state index contributed by atoms with van der Waals surface area (Å²) in [5.74, 6) is 0.0953. The number of furan rings is 1. The third kappa shape index (κ3) is 3.12. The zero-order chi connectivity index (χ0) is 13.1. The van der Waals surface area contributed by atoms with Crippen molar-refractivity contribution in [1.29, 1.82) is 0 Å². The van der Waals surface area contributed by atoms with Gasteiger partial charge in [-0.05, 0) is 30.9 Å². The molecule has 1 aromatic rings. The summed E-state index contributed by atoms with van der Waals surface area (Å²) in [4.78, 5) is 24.3. The number of carboxylic acids is 1. The molecule has 1 N–H and O–H groups in total. The molecule has 0 atom stereocenters. The van der Waals surface area contributed by atoms with Gasteiger partial charge < -0.3 is 14.4 Å². The zero-order valence-electron chi connectivity index (χ0n) is 10.4. The van der Waals surface area contributed by atoms with Gasteiger partial charge in [0.05, 0.1) is 0 Å². The molecular formula is C13H17NO4. The van der Waals surface area contributed by atoms with Gasteiger partial charge in [0, 0.05) is 13.0 Å². The van der Waals surface area contributed by atoms with Gasteiger partial charge >= 0.3 is 5.97 Å². The van der Waals surface area contributed by atoms with Crippen LogP contribution in [-0.2, 0) is 11.2 Å². The number of rotatable bonds is 6. The maximum atomic E-state index is 12.1. The highest BCUT2D eigenvalue weighted by molar-refractivity contribution is 5.93. The van der Waals surface area contributed by atoms with E-state index in [1.54, 1.807) is 12.1 Å². The first-order chi connectivity index (χ1) is 8.60. The van der Waals surface area contributed by atoms with E-state index in [4.69, 9.17) is 9.52 Å². The van der Waals surface area contributed by atoms with Crippen LogP contribution in [0.4, 0.5) is 0 Å². The number of carbonyl (C=O) groups excluding carboxylic acids is 1. The van der Waals surface area contributed by atoms with Crippen LogP contribution in [0.15, 0.2) is 16.5 Å². The van der Waals surface area contributed by atoms with E-state index in [0.29, 0.717) is 12.5 Å². The lowest BCUT2D eigenvalue weighted by Crippen LogP contribution is -2.37. The predicted octanol–water partition coefficient (Wildman–Crippen LogP) is 1.78. The highest BCUT2D eigenvalue weighted by atomic mass is 16.4. The van der Waals surface area contributed by atoms with Crippen molar-refractivity contribution in [3.8, 4) is 0 Å². The fourth-order valence-corrected chi connectivity index (χ4v) is 1.83. The second kappa shape index (κ2) is 5.25. The Kier molecular flexibility index (Phi) is 3.69. The Morgan fingerprint density at radius 1 is 1.44 bits per heavy atom. The van der Waals surface area contributed by atoms with Crippen LogP contribution in [0.3, 0.4) is 0 Å². The average molecular weight is 251 g/mol. The fraction of sp³-hybridized carbons (Fsp3) is 0.538. The molecule has 2 rings (SSSR count). The van der Waals surface area contributed by atoms with Gasteiger partial charge in [0.25, 0.3) is 5.91 Å². The highest BCUT2D eigenvalue weighted by Gasteiger charge is 2.29. The van der Waals surface area contributed by atoms with Crippen LogP contribution in [0.5, 0.6) is 0 Å². The van der Waals surface area contributed by atoms with Crippen molar-refractivity contribution >= 4 is 11.9 Å². The van der Waals surface area contributed by atoms with Crippen LogP contribution in [-0.4, -0.2) is 35.0 Å². The van der Waals surface area contributed by atoms with Gasteiger partial charge in [-0.15, -0.1) is 0 Å². The summed E-state index contributed by atoms with van der Waals surface area (Å²) in [7, 11) is 0. The van der Waals surface area contributed by atoms with Gasteiger partial charge in [-0.3, -0.25) is 9.59 Å². The Balaban J connectivity index is 2.07. The minimum atomic E-state index is -0.994. The van der Waals surface area contributed by atoms with E-state index in [2.05, 4.69) is 0 Å². The molecule has 1 fully saturated rings. The van der Waals surface area contributed by atoms with Crippen molar-refractivity contribution in [3.05, 3.63) is 23.7 Å². The molecule has 0 spiro atoms. The highest BCUT2D eigenvalue weighted by Crippen LogP contribution is 2.30. The minimum Gasteiger partial charge on any atom is -0.480 e. The first-order valence-electron chi connectivity index (χ1n) is 6.20. The van der Waals surface area contributed by atoms with Gasteiger partial charge in [0.15, 0.2) is 5.76 Å². The molecule has 1 heterocycles. The van der Waals surface area contributed by atoms with Gasteiger partial charge in [-0.25, -0.2) is 0 Å². The van der Waals surface area contributed by atoms with Crippen molar-refractivity contribution in [3.63, 3.8) is 0 Å². The van der Waals surface area contributed by atoms with Gasteiger partial charge in [-0.2, -0.15) is 0 Å². The molecule has 1 aliphatic carbocycles. The van der Waals surface area contributed by atoms with Crippen LogP contribution in [0.1, 0.15) is 36.1 Å². The van der Waals surface area contributed by atoms with Gasteiger partial charge in [0.2, 0.25) is 0 Å². The molecule has 5 heteroatoms. The summed E-state index contributed by atoms with van der Waals surface area (Å²) in [6, 6.07) is 3.37. The number of aliphatic carboxylic acids is 1. The van der Waals surface area contributed by atoms with E-state index in [1.807, 2.05) is 6.92 Å². The molecule has 0 aromatic carbocycles. The Labute approximate surface area is 105 Å². The number of aryl methyl sites for hydroxylation is 1. The van der Waals surface area contributed by atoms with Crippen LogP contribution in [0.2, 0.25) is 0 Å². The maximum absolute atomic E-state index is 12.1. The summed E-state index contributed by atoms with van der Waals surface area (Å²) in [6.07, 6.45) is 2.86. The topological polar surface area (TPSA) is 70.8 Å². The fourth-order valence-electron chi connectivity index (χ4n) is 1.83. The molecule has 0 aliphatic heterocycles. The third-order valence-electron chi connectivity index (χ3n) is 3.01. The predicted molar refractivity (Wildman–Crippen MR) is 64.3 cm³/mol. The van der Waals surface area contributed by atoms with Crippen molar-refractivity contribution in [1.82, 2.24) is 4.90 Å². The van der Waals surface area contributed by atoms with Crippen molar-refractivity contribution < 1.29 is 19.1 Å². The molecule has 18 heavy (non-hydrogen) atoms. The number of carbonyl (C=O) groups is 2. The average Bonchev–Trinajstić information content (AvgIpc) is 3.01. The van der Waals surface area contributed by atoms with Crippen LogP contribution >= 0.6 is 0 Å². The summed E-state index contributed by atoms with van der Waals surface area (Å²) in [5, 5.41) is 8.84. The number of nitrogens with zero attached hydrogens (tertiary/aromatic N) is 1. The van der Waals surface area contributed by atoms with E-state index in [9.17, 15) is 9.59 Å². The largest absolute Gasteiger partial charge is 0.480 e. The first kappa shape index (κ1) is 12.7. The number of hydrogen-bond donors (Lipinski definition) is 1. The van der Waals surface area contributed by atoms with Crippen LogP contribution in [0.25, 0.3) is 0 Å². The lowest BCUT2D eigenvalue weighted by atomic mass is 10.3. The number of hydrogen-bond acceptors (Lipinski definition) is 3. The van der Waals surface area contributed by atoms with Gasteiger partial charge in [0.1, 0.15) is 12.3 Å². The Hall–Kier alpha value is -1.78. The number of carboxylic acid groups (broad SMARTS) is 1. The molecule has 0 saturated heterocycles.